The molecule has 1 aromatic carbocycles. The van der Waals surface area contributed by atoms with Crippen LogP contribution in [0.4, 0.5) is 0 Å². The van der Waals surface area contributed by atoms with Crippen LogP contribution in [-0.4, -0.2) is 25.0 Å². The first-order chi connectivity index (χ1) is 8.58. The smallest absolute Gasteiger partial charge is 0.251 e. The van der Waals surface area contributed by atoms with Crippen LogP contribution in [0.25, 0.3) is 0 Å². The minimum Gasteiger partial charge on any atom is -0.349 e. The van der Waals surface area contributed by atoms with Gasteiger partial charge in [-0.3, -0.25) is 4.79 Å². The maximum atomic E-state index is 12.1. The van der Waals surface area contributed by atoms with Gasteiger partial charge >= 0.3 is 0 Å². The minimum atomic E-state index is -0.0904. The van der Waals surface area contributed by atoms with E-state index in [1.165, 1.54) is 0 Å². The molecule has 1 saturated heterocycles. The zero-order valence-corrected chi connectivity index (χ0v) is 11.7. The molecule has 0 aliphatic carbocycles. The van der Waals surface area contributed by atoms with Gasteiger partial charge < -0.3 is 10.6 Å². The Kier molecular flexibility index (Phi) is 4.49. The highest BCUT2D eigenvalue weighted by atomic mass is 35.5. The lowest BCUT2D eigenvalue weighted by atomic mass is 9.95. The number of carbonyl (C=O) groups excluding carboxylic acids is 1. The number of rotatable bonds is 2. The zero-order chi connectivity index (χ0) is 13.1. The first-order valence-corrected chi connectivity index (χ1v) is 6.80. The number of carbonyl (C=O) groups is 1. The predicted molar refractivity (Wildman–Crippen MR) is 74.4 cm³/mol. The topological polar surface area (TPSA) is 41.1 Å². The third-order valence-electron chi connectivity index (χ3n) is 3.28. The standard InChI is InChI=1S/C13H16Cl2N2O/c1-8-7-16-5-4-12(8)17-13(18)9-2-3-10(14)11(15)6-9/h2-3,6,8,12,16H,4-5,7H2,1H3,(H,17,18). The largest absolute Gasteiger partial charge is 0.349 e. The molecule has 0 spiro atoms. The summed E-state index contributed by atoms with van der Waals surface area (Å²) in [4.78, 5) is 12.1. The SMILES string of the molecule is CC1CNCCC1NC(=O)c1ccc(Cl)c(Cl)c1. The normalized spacial score (nSPS) is 23.7. The van der Waals surface area contributed by atoms with Gasteiger partial charge in [0.1, 0.15) is 0 Å². The van der Waals surface area contributed by atoms with Gasteiger partial charge in [0.2, 0.25) is 0 Å². The van der Waals surface area contributed by atoms with Gasteiger partial charge in [-0.2, -0.15) is 0 Å². The van der Waals surface area contributed by atoms with Crippen LogP contribution in [0.3, 0.4) is 0 Å². The van der Waals surface area contributed by atoms with Crippen LogP contribution in [0.15, 0.2) is 18.2 Å². The third-order valence-corrected chi connectivity index (χ3v) is 4.02. The number of benzene rings is 1. The molecule has 0 radical (unpaired) electrons. The molecule has 98 valence electrons. The maximum Gasteiger partial charge on any atom is 0.251 e. The molecule has 1 fully saturated rings. The quantitative estimate of drug-likeness (QED) is 0.878. The highest BCUT2D eigenvalue weighted by Gasteiger charge is 2.23. The van der Waals surface area contributed by atoms with Gasteiger partial charge in [0.25, 0.3) is 5.91 Å². The summed E-state index contributed by atoms with van der Waals surface area (Å²) < 4.78 is 0. The Hall–Kier alpha value is -0.770. The number of amides is 1. The van der Waals surface area contributed by atoms with Crippen molar-refractivity contribution in [2.45, 2.75) is 19.4 Å². The Bertz CT molecular complexity index is 451. The second kappa shape index (κ2) is 5.91. The van der Waals surface area contributed by atoms with Gasteiger partial charge in [-0.25, -0.2) is 0 Å². The molecular formula is C13H16Cl2N2O. The Morgan fingerprint density at radius 1 is 1.39 bits per heavy atom. The molecule has 2 atom stereocenters. The summed E-state index contributed by atoms with van der Waals surface area (Å²) in [6.45, 7) is 4.01. The second-order valence-electron chi connectivity index (χ2n) is 4.68. The van der Waals surface area contributed by atoms with E-state index >= 15 is 0 Å². The van der Waals surface area contributed by atoms with Crippen LogP contribution >= 0.6 is 23.2 Å². The van der Waals surface area contributed by atoms with E-state index in [4.69, 9.17) is 23.2 Å². The Morgan fingerprint density at radius 3 is 2.83 bits per heavy atom. The number of hydrogen-bond donors (Lipinski definition) is 2. The molecule has 2 N–H and O–H groups in total. The van der Waals surface area contributed by atoms with E-state index in [-0.39, 0.29) is 11.9 Å². The Balaban J connectivity index is 2.04. The van der Waals surface area contributed by atoms with Gasteiger partial charge in [-0.05, 0) is 43.6 Å². The summed E-state index contributed by atoms with van der Waals surface area (Å²) in [7, 11) is 0. The summed E-state index contributed by atoms with van der Waals surface area (Å²) in [5, 5.41) is 7.22. The molecule has 0 aromatic heterocycles. The molecule has 18 heavy (non-hydrogen) atoms. The minimum absolute atomic E-state index is 0.0904. The monoisotopic (exact) mass is 286 g/mol. The summed E-state index contributed by atoms with van der Waals surface area (Å²) in [6.07, 6.45) is 0.953. The molecule has 1 aliphatic rings. The average molecular weight is 287 g/mol. The van der Waals surface area contributed by atoms with Gasteiger partial charge in [-0.15, -0.1) is 0 Å². The van der Waals surface area contributed by atoms with Crippen molar-refractivity contribution in [2.24, 2.45) is 5.92 Å². The summed E-state index contributed by atoms with van der Waals surface area (Å²) in [5.41, 5.74) is 0.551. The number of piperidine rings is 1. The van der Waals surface area contributed by atoms with Crippen LogP contribution in [0.1, 0.15) is 23.7 Å². The molecule has 0 saturated carbocycles. The van der Waals surface area contributed by atoms with Gasteiger partial charge in [-0.1, -0.05) is 30.1 Å². The summed E-state index contributed by atoms with van der Waals surface area (Å²) in [6, 6.07) is 5.15. The molecule has 1 aromatic rings. The van der Waals surface area contributed by atoms with Crippen LogP contribution in [0.2, 0.25) is 10.0 Å². The first kappa shape index (κ1) is 13.7. The van der Waals surface area contributed by atoms with Crippen LogP contribution in [0, 0.1) is 5.92 Å². The molecule has 2 unspecified atom stereocenters. The van der Waals surface area contributed by atoms with E-state index in [1.807, 2.05) is 0 Å². The van der Waals surface area contributed by atoms with E-state index in [0.717, 1.165) is 19.5 Å². The van der Waals surface area contributed by atoms with E-state index in [9.17, 15) is 4.79 Å². The fourth-order valence-corrected chi connectivity index (χ4v) is 2.42. The van der Waals surface area contributed by atoms with E-state index < -0.39 is 0 Å². The van der Waals surface area contributed by atoms with Gasteiger partial charge in [0, 0.05) is 11.6 Å². The van der Waals surface area contributed by atoms with Crippen molar-refractivity contribution in [3.05, 3.63) is 33.8 Å². The van der Waals surface area contributed by atoms with Crippen molar-refractivity contribution in [2.75, 3.05) is 13.1 Å². The van der Waals surface area contributed by atoms with E-state index in [1.54, 1.807) is 18.2 Å². The fraction of sp³-hybridized carbons (Fsp3) is 0.462. The highest BCUT2D eigenvalue weighted by Crippen LogP contribution is 2.22. The summed E-state index contributed by atoms with van der Waals surface area (Å²) >= 11 is 11.7. The second-order valence-corrected chi connectivity index (χ2v) is 5.49. The van der Waals surface area contributed by atoms with E-state index in [0.29, 0.717) is 21.5 Å². The molecule has 1 amide bonds. The van der Waals surface area contributed by atoms with Crippen molar-refractivity contribution < 1.29 is 4.79 Å². The maximum absolute atomic E-state index is 12.1. The van der Waals surface area contributed by atoms with Crippen molar-refractivity contribution >= 4 is 29.1 Å². The van der Waals surface area contributed by atoms with Crippen molar-refractivity contribution in [1.29, 1.82) is 0 Å². The Labute approximate surface area is 117 Å². The molecular weight excluding hydrogens is 271 g/mol. The molecule has 0 bridgehead atoms. The molecule has 5 heteroatoms. The van der Waals surface area contributed by atoms with Crippen LogP contribution < -0.4 is 10.6 Å². The fourth-order valence-electron chi connectivity index (χ4n) is 2.12. The molecule has 2 rings (SSSR count). The number of halogens is 2. The van der Waals surface area contributed by atoms with Crippen molar-refractivity contribution in [3.8, 4) is 0 Å². The lowest BCUT2D eigenvalue weighted by Crippen LogP contribution is -2.48. The first-order valence-electron chi connectivity index (χ1n) is 6.04. The van der Waals surface area contributed by atoms with Crippen LogP contribution in [-0.2, 0) is 0 Å². The molecule has 1 aliphatic heterocycles. The number of nitrogens with one attached hydrogen (secondary N) is 2. The third kappa shape index (κ3) is 3.16. The lowest BCUT2D eigenvalue weighted by Gasteiger charge is -2.30. The zero-order valence-electron chi connectivity index (χ0n) is 10.2. The van der Waals surface area contributed by atoms with Gasteiger partial charge in [0.15, 0.2) is 0 Å². The summed E-state index contributed by atoms with van der Waals surface area (Å²) in [5.74, 6) is 0.345. The molecule has 3 nitrogen and oxygen atoms in total. The van der Waals surface area contributed by atoms with E-state index in [2.05, 4.69) is 17.6 Å². The highest BCUT2D eigenvalue weighted by molar-refractivity contribution is 6.42. The van der Waals surface area contributed by atoms with Crippen LogP contribution in [0.5, 0.6) is 0 Å². The van der Waals surface area contributed by atoms with Crippen molar-refractivity contribution in [1.82, 2.24) is 10.6 Å². The lowest BCUT2D eigenvalue weighted by molar-refractivity contribution is 0.0914. The van der Waals surface area contributed by atoms with Gasteiger partial charge in [0.05, 0.1) is 10.0 Å². The van der Waals surface area contributed by atoms with Crippen molar-refractivity contribution in [3.63, 3.8) is 0 Å². The average Bonchev–Trinajstić information content (AvgIpc) is 2.35. The predicted octanol–water partition coefficient (Wildman–Crippen LogP) is 2.72. The Morgan fingerprint density at radius 2 is 2.17 bits per heavy atom. The number of hydrogen-bond acceptors (Lipinski definition) is 2. The molecule has 1 heterocycles.